The number of carbonyl (C=O) groups excluding carboxylic acids is 2. The van der Waals surface area contributed by atoms with Crippen molar-refractivity contribution in [3.8, 4) is 5.69 Å². The summed E-state index contributed by atoms with van der Waals surface area (Å²) in [4.78, 5) is 44.7. The highest BCUT2D eigenvalue weighted by molar-refractivity contribution is 6.04. The van der Waals surface area contributed by atoms with Crippen LogP contribution in [0.25, 0.3) is 22.1 Å². The molecule has 9 heteroatoms. The van der Waals surface area contributed by atoms with Crippen LogP contribution >= 0.6 is 0 Å². The minimum Gasteiger partial charge on any atom is -0.381 e. The second-order valence-electron chi connectivity index (χ2n) is 10.6. The van der Waals surface area contributed by atoms with E-state index >= 15 is 0 Å². The molecular weight excluding hydrogens is 492 g/mol. The summed E-state index contributed by atoms with van der Waals surface area (Å²) in [5, 5.41) is 8.33. The van der Waals surface area contributed by atoms with Gasteiger partial charge in [-0.3, -0.25) is 19.0 Å². The van der Waals surface area contributed by atoms with Gasteiger partial charge in [0.2, 0.25) is 0 Å². The van der Waals surface area contributed by atoms with Gasteiger partial charge in [-0.2, -0.15) is 0 Å². The smallest absolute Gasteiger partial charge is 0.263 e. The van der Waals surface area contributed by atoms with E-state index in [1.165, 1.54) is 4.52 Å². The van der Waals surface area contributed by atoms with Crippen molar-refractivity contribution in [2.75, 3.05) is 5.73 Å². The molecule has 0 radical (unpaired) electrons. The number of nitrogen functional groups attached to an aromatic ring is 1. The Labute approximate surface area is 225 Å². The van der Waals surface area contributed by atoms with Gasteiger partial charge in [0.1, 0.15) is 11.3 Å². The van der Waals surface area contributed by atoms with Crippen molar-refractivity contribution in [3.63, 3.8) is 0 Å². The van der Waals surface area contributed by atoms with Crippen molar-refractivity contribution in [3.05, 3.63) is 100 Å². The molecule has 1 amide bonds. The van der Waals surface area contributed by atoms with Crippen molar-refractivity contribution in [2.45, 2.75) is 40.2 Å². The Morgan fingerprint density at radius 2 is 1.79 bits per heavy atom. The van der Waals surface area contributed by atoms with Crippen LogP contribution in [0.2, 0.25) is 0 Å². The Kier molecular flexibility index (Phi) is 6.51. The van der Waals surface area contributed by atoms with E-state index in [1.54, 1.807) is 30.0 Å². The van der Waals surface area contributed by atoms with E-state index in [0.717, 1.165) is 0 Å². The van der Waals surface area contributed by atoms with Gasteiger partial charge in [-0.25, -0.2) is 9.50 Å². The number of Topliss-reactive ketones (excluding diaryl/α,β-unsaturated/α-hetero) is 1. The zero-order valence-electron chi connectivity index (χ0n) is 22.3. The molecule has 198 valence electrons. The summed E-state index contributed by atoms with van der Waals surface area (Å²) >= 11 is 0. The number of nitrogens with two attached hydrogens (primary N) is 1. The van der Waals surface area contributed by atoms with Gasteiger partial charge in [-0.15, -0.1) is 5.10 Å². The molecule has 0 bridgehead atoms. The number of ketones is 1. The van der Waals surface area contributed by atoms with E-state index < -0.39 is 17.4 Å². The molecular formula is C30H30N6O3. The molecule has 0 saturated heterocycles. The second-order valence-corrected chi connectivity index (χ2v) is 10.6. The Morgan fingerprint density at radius 1 is 1.05 bits per heavy atom. The van der Waals surface area contributed by atoms with Gasteiger partial charge >= 0.3 is 0 Å². The Balaban J connectivity index is 1.63. The number of benzene rings is 2. The highest BCUT2D eigenvalue weighted by Gasteiger charge is 2.26. The number of fused-ring (bicyclic) bond motifs is 2. The third-order valence-electron chi connectivity index (χ3n) is 6.80. The van der Waals surface area contributed by atoms with Crippen LogP contribution in [0, 0.1) is 5.41 Å². The predicted octanol–water partition coefficient (Wildman–Crippen LogP) is 4.26. The third-order valence-corrected chi connectivity index (χ3v) is 6.80. The second kappa shape index (κ2) is 9.83. The quantitative estimate of drug-likeness (QED) is 0.343. The average Bonchev–Trinajstić information content (AvgIpc) is 3.24. The number of nitrogens with zero attached hydrogens (tertiary/aromatic N) is 4. The predicted molar refractivity (Wildman–Crippen MR) is 151 cm³/mol. The van der Waals surface area contributed by atoms with Crippen LogP contribution in [0.3, 0.4) is 0 Å². The lowest BCUT2D eigenvalue weighted by Crippen LogP contribution is -2.32. The minimum absolute atomic E-state index is 0.0463. The molecule has 5 aromatic rings. The normalized spacial score (nSPS) is 12.5. The number of anilines is 1. The molecule has 0 saturated carbocycles. The van der Waals surface area contributed by atoms with Crippen LogP contribution < -0.4 is 16.6 Å². The first-order valence-electron chi connectivity index (χ1n) is 12.7. The molecule has 3 N–H and O–H groups in total. The number of pyridine rings is 1. The van der Waals surface area contributed by atoms with E-state index in [0.29, 0.717) is 33.4 Å². The van der Waals surface area contributed by atoms with Crippen molar-refractivity contribution in [1.82, 2.24) is 24.5 Å². The van der Waals surface area contributed by atoms with Gasteiger partial charge in [0.05, 0.1) is 11.4 Å². The summed E-state index contributed by atoms with van der Waals surface area (Å²) < 4.78 is 3.04. The first kappa shape index (κ1) is 25.8. The van der Waals surface area contributed by atoms with Gasteiger partial charge in [-0.05, 0) is 42.1 Å². The number of carbonyl (C=O) groups is 2. The molecule has 2 aromatic carbocycles. The standard InChI is InChI=1S/C30H30N6O3/c1-18(33-28(38)25-26(31)34-35-15-9-14-32-27(25)35)22-16-19-10-8-11-20(17-23(37)30(2,3)4)24(19)29(39)36(22)21-12-6-5-7-13-21/h5-16,18H,17H2,1-4H3,(H2,31,34)(H,33,38). The number of amides is 1. The topological polar surface area (TPSA) is 124 Å². The first-order chi connectivity index (χ1) is 18.6. The fraction of sp³-hybridized carbons (Fsp3) is 0.233. The molecule has 3 heterocycles. The maximum absolute atomic E-state index is 14.1. The Bertz CT molecular complexity index is 1780. The summed E-state index contributed by atoms with van der Waals surface area (Å²) in [5.74, 6) is -0.346. The molecule has 9 nitrogen and oxygen atoms in total. The van der Waals surface area contributed by atoms with Crippen LogP contribution in [-0.4, -0.2) is 30.9 Å². The van der Waals surface area contributed by atoms with Gasteiger partial charge in [-0.1, -0.05) is 57.2 Å². The first-order valence-corrected chi connectivity index (χ1v) is 12.7. The number of nitrogens with one attached hydrogen (secondary N) is 1. The van der Waals surface area contributed by atoms with Gasteiger partial charge in [0.15, 0.2) is 11.5 Å². The molecule has 1 unspecified atom stereocenters. The van der Waals surface area contributed by atoms with Crippen molar-refractivity contribution in [2.24, 2.45) is 5.41 Å². The van der Waals surface area contributed by atoms with Crippen LogP contribution in [0.4, 0.5) is 5.82 Å². The number of hydrogen-bond donors (Lipinski definition) is 2. The molecule has 0 aliphatic heterocycles. The van der Waals surface area contributed by atoms with E-state index in [1.807, 2.05) is 75.4 Å². The van der Waals surface area contributed by atoms with E-state index in [2.05, 4.69) is 15.4 Å². The lowest BCUT2D eigenvalue weighted by Gasteiger charge is -2.22. The minimum atomic E-state index is -0.590. The van der Waals surface area contributed by atoms with E-state index in [9.17, 15) is 14.4 Å². The summed E-state index contributed by atoms with van der Waals surface area (Å²) in [7, 11) is 0. The highest BCUT2D eigenvalue weighted by atomic mass is 16.2. The summed E-state index contributed by atoms with van der Waals surface area (Å²) in [5.41, 5.74) is 7.67. The maximum atomic E-state index is 14.1. The molecule has 0 aliphatic carbocycles. The molecule has 0 spiro atoms. The largest absolute Gasteiger partial charge is 0.381 e. The van der Waals surface area contributed by atoms with Crippen LogP contribution in [0.15, 0.2) is 77.9 Å². The van der Waals surface area contributed by atoms with Gasteiger partial charge in [0.25, 0.3) is 11.5 Å². The molecule has 39 heavy (non-hydrogen) atoms. The lowest BCUT2D eigenvalue weighted by molar-refractivity contribution is -0.125. The highest BCUT2D eigenvalue weighted by Crippen LogP contribution is 2.26. The molecule has 1 atom stereocenters. The molecule has 0 aliphatic rings. The van der Waals surface area contributed by atoms with Crippen molar-refractivity contribution in [1.29, 1.82) is 0 Å². The van der Waals surface area contributed by atoms with Gasteiger partial charge in [0, 0.05) is 35.6 Å². The van der Waals surface area contributed by atoms with Crippen LogP contribution in [0.1, 0.15) is 55.4 Å². The summed E-state index contributed by atoms with van der Waals surface area (Å²) in [6.45, 7) is 7.42. The fourth-order valence-corrected chi connectivity index (χ4v) is 4.67. The van der Waals surface area contributed by atoms with Gasteiger partial charge < -0.3 is 11.1 Å². The van der Waals surface area contributed by atoms with Crippen molar-refractivity contribution >= 4 is 33.9 Å². The number of aromatic nitrogens is 4. The average molecular weight is 523 g/mol. The monoisotopic (exact) mass is 522 g/mol. The van der Waals surface area contributed by atoms with Crippen molar-refractivity contribution < 1.29 is 9.59 Å². The zero-order valence-corrected chi connectivity index (χ0v) is 22.3. The molecule has 0 fully saturated rings. The Morgan fingerprint density at radius 3 is 2.51 bits per heavy atom. The zero-order chi connectivity index (χ0) is 27.9. The van der Waals surface area contributed by atoms with E-state index in [4.69, 9.17) is 5.73 Å². The lowest BCUT2D eigenvalue weighted by atomic mass is 9.86. The van der Waals surface area contributed by atoms with Crippen LogP contribution in [-0.2, 0) is 11.2 Å². The Hall–Kier alpha value is -4.79. The summed E-state index contributed by atoms with van der Waals surface area (Å²) in [6.07, 6.45) is 3.38. The van der Waals surface area contributed by atoms with Crippen LogP contribution in [0.5, 0.6) is 0 Å². The number of rotatable bonds is 6. The summed E-state index contributed by atoms with van der Waals surface area (Å²) in [6, 6.07) is 17.7. The fourth-order valence-electron chi connectivity index (χ4n) is 4.67. The van der Waals surface area contributed by atoms with E-state index in [-0.39, 0.29) is 29.1 Å². The molecule has 3 aromatic heterocycles. The third kappa shape index (κ3) is 4.79. The molecule has 5 rings (SSSR count). The number of para-hydroxylation sites is 1. The maximum Gasteiger partial charge on any atom is 0.263 e. The number of hydrogen-bond acceptors (Lipinski definition) is 6. The SMILES string of the molecule is CC(NC(=O)c1c(N)nn2cccnc12)c1cc2cccc(CC(=O)C(C)(C)C)c2c(=O)n1-c1ccccc1.